The van der Waals surface area contributed by atoms with Gasteiger partial charge in [-0.15, -0.1) is 0 Å². The van der Waals surface area contributed by atoms with E-state index in [1.165, 1.54) is 39.1 Å². The van der Waals surface area contributed by atoms with Crippen LogP contribution < -0.4 is 5.32 Å². The van der Waals surface area contributed by atoms with Crippen molar-refractivity contribution in [3.8, 4) is 0 Å². The van der Waals surface area contributed by atoms with Gasteiger partial charge in [0.2, 0.25) is 0 Å². The zero-order valence-corrected chi connectivity index (χ0v) is 11.5. The largest absolute Gasteiger partial charge is 0.314 e. The average Bonchev–Trinajstić information content (AvgIpc) is 2.27. The maximum atomic E-state index is 3.48. The van der Waals surface area contributed by atoms with Gasteiger partial charge in [-0.1, -0.05) is 13.8 Å². The number of rotatable bonds is 6. The quantitative estimate of drug-likeness (QED) is 0.740. The molecule has 2 atom stereocenters. The van der Waals surface area contributed by atoms with Crippen LogP contribution in [-0.4, -0.2) is 61.2 Å². The highest BCUT2D eigenvalue weighted by atomic mass is 15.3. The van der Waals surface area contributed by atoms with E-state index in [4.69, 9.17) is 0 Å². The molecule has 0 radical (unpaired) electrons. The topological polar surface area (TPSA) is 18.5 Å². The third-order valence-corrected chi connectivity index (χ3v) is 3.69. The summed E-state index contributed by atoms with van der Waals surface area (Å²) in [5.41, 5.74) is 0. The van der Waals surface area contributed by atoms with Crippen molar-refractivity contribution < 1.29 is 0 Å². The lowest BCUT2D eigenvalue weighted by molar-refractivity contribution is 0.0857. The van der Waals surface area contributed by atoms with Crippen LogP contribution in [0.2, 0.25) is 0 Å². The fourth-order valence-corrected chi connectivity index (χ4v) is 2.57. The summed E-state index contributed by atoms with van der Waals surface area (Å²) < 4.78 is 0. The number of hydrogen-bond donors (Lipinski definition) is 1. The molecule has 0 bridgehead atoms. The molecule has 3 heteroatoms. The summed E-state index contributed by atoms with van der Waals surface area (Å²) in [5, 5.41) is 3.48. The molecule has 1 aliphatic heterocycles. The smallest absolute Gasteiger partial charge is 0.0195 e. The molecule has 1 fully saturated rings. The first-order valence-electron chi connectivity index (χ1n) is 6.87. The van der Waals surface area contributed by atoms with E-state index in [1.807, 2.05) is 0 Å². The van der Waals surface area contributed by atoms with E-state index in [2.05, 4.69) is 42.8 Å². The van der Waals surface area contributed by atoms with Crippen molar-refractivity contribution in [1.82, 2.24) is 15.1 Å². The van der Waals surface area contributed by atoms with Crippen LogP contribution >= 0.6 is 0 Å². The Bertz CT molecular complexity index is 184. The van der Waals surface area contributed by atoms with Gasteiger partial charge in [0.25, 0.3) is 0 Å². The fourth-order valence-electron chi connectivity index (χ4n) is 2.57. The van der Waals surface area contributed by atoms with E-state index in [0.29, 0.717) is 6.04 Å². The molecule has 1 rings (SSSR count). The highest BCUT2D eigenvalue weighted by molar-refractivity contribution is 4.78. The Morgan fingerprint density at radius 3 is 2.62 bits per heavy atom. The number of nitrogens with one attached hydrogen (secondary N) is 1. The Morgan fingerprint density at radius 2 is 2.06 bits per heavy atom. The minimum atomic E-state index is 0.657. The molecule has 2 unspecified atom stereocenters. The van der Waals surface area contributed by atoms with Crippen molar-refractivity contribution in [2.24, 2.45) is 0 Å². The van der Waals surface area contributed by atoms with E-state index >= 15 is 0 Å². The zero-order chi connectivity index (χ0) is 12.0. The normalized spacial score (nSPS) is 25.9. The van der Waals surface area contributed by atoms with Crippen molar-refractivity contribution >= 4 is 0 Å². The van der Waals surface area contributed by atoms with Gasteiger partial charge >= 0.3 is 0 Å². The zero-order valence-electron chi connectivity index (χ0n) is 11.5. The third kappa shape index (κ3) is 4.40. The number of nitrogens with zero attached hydrogens (tertiary/aromatic N) is 2. The fraction of sp³-hybridized carbons (Fsp3) is 1.00. The van der Waals surface area contributed by atoms with Crippen LogP contribution in [0.15, 0.2) is 0 Å². The van der Waals surface area contributed by atoms with Gasteiger partial charge in [-0.25, -0.2) is 0 Å². The van der Waals surface area contributed by atoms with Crippen LogP contribution in [0.5, 0.6) is 0 Å². The van der Waals surface area contributed by atoms with Crippen LogP contribution in [0.1, 0.15) is 34.1 Å². The number of piperazine rings is 1. The minimum Gasteiger partial charge on any atom is -0.314 e. The lowest BCUT2D eigenvalue weighted by Crippen LogP contribution is -2.52. The predicted molar refractivity (Wildman–Crippen MR) is 70.9 cm³/mol. The summed E-state index contributed by atoms with van der Waals surface area (Å²) in [6, 6.07) is 1.39. The van der Waals surface area contributed by atoms with Crippen molar-refractivity contribution in [1.29, 1.82) is 0 Å². The summed E-state index contributed by atoms with van der Waals surface area (Å²) in [4.78, 5) is 5.19. The first-order valence-corrected chi connectivity index (χ1v) is 6.87. The summed E-state index contributed by atoms with van der Waals surface area (Å²) >= 11 is 0. The second kappa shape index (κ2) is 7.25. The van der Waals surface area contributed by atoms with Crippen LogP contribution in [0, 0.1) is 0 Å². The molecule has 0 saturated carbocycles. The van der Waals surface area contributed by atoms with Crippen molar-refractivity contribution in [2.75, 3.05) is 39.3 Å². The van der Waals surface area contributed by atoms with Gasteiger partial charge in [0.1, 0.15) is 0 Å². The van der Waals surface area contributed by atoms with Gasteiger partial charge in [-0.05, 0) is 39.9 Å². The third-order valence-electron chi connectivity index (χ3n) is 3.69. The predicted octanol–water partition coefficient (Wildman–Crippen LogP) is 1.40. The second-order valence-corrected chi connectivity index (χ2v) is 5.03. The first kappa shape index (κ1) is 13.9. The van der Waals surface area contributed by atoms with E-state index in [9.17, 15) is 0 Å². The molecule has 1 saturated heterocycles. The van der Waals surface area contributed by atoms with Crippen LogP contribution in [-0.2, 0) is 0 Å². The molecule has 96 valence electrons. The maximum Gasteiger partial charge on any atom is 0.0195 e. The molecule has 0 amide bonds. The first-order chi connectivity index (χ1) is 7.67. The molecule has 3 nitrogen and oxygen atoms in total. The minimum absolute atomic E-state index is 0.657. The van der Waals surface area contributed by atoms with Gasteiger partial charge in [-0.3, -0.25) is 4.90 Å². The molecule has 0 aromatic rings. The molecule has 0 aliphatic carbocycles. The van der Waals surface area contributed by atoms with E-state index in [-0.39, 0.29) is 0 Å². The van der Waals surface area contributed by atoms with Gasteiger partial charge < -0.3 is 10.2 Å². The van der Waals surface area contributed by atoms with Crippen LogP contribution in [0.3, 0.4) is 0 Å². The summed E-state index contributed by atoms with van der Waals surface area (Å²) in [5.74, 6) is 0. The summed E-state index contributed by atoms with van der Waals surface area (Å²) in [6.07, 6.45) is 1.27. The molecule has 0 aromatic carbocycles. The molecule has 0 aromatic heterocycles. The van der Waals surface area contributed by atoms with Crippen molar-refractivity contribution in [3.05, 3.63) is 0 Å². The highest BCUT2D eigenvalue weighted by Crippen LogP contribution is 2.09. The van der Waals surface area contributed by atoms with Crippen LogP contribution in [0.25, 0.3) is 0 Å². The van der Waals surface area contributed by atoms with Gasteiger partial charge in [-0.2, -0.15) is 0 Å². The van der Waals surface area contributed by atoms with Crippen molar-refractivity contribution in [3.63, 3.8) is 0 Å². The average molecular weight is 227 g/mol. The Kier molecular flexibility index (Phi) is 6.32. The summed E-state index contributed by atoms with van der Waals surface area (Å²) in [7, 11) is 0. The Balaban J connectivity index is 2.19. The molecule has 0 spiro atoms. The molecule has 16 heavy (non-hydrogen) atoms. The Morgan fingerprint density at radius 1 is 1.31 bits per heavy atom. The van der Waals surface area contributed by atoms with Gasteiger partial charge in [0, 0.05) is 31.7 Å². The van der Waals surface area contributed by atoms with Gasteiger partial charge in [0.05, 0.1) is 0 Å². The highest BCUT2D eigenvalue weighted by Gasteiger charge is 2.21. The van der Waals surface area contributed by atoms with Gasteiger partial charge in [0.15, 0.2) is 0 Å². The SMILES string of the molecule is CCNC(C)CCN1CCN(CC)C(C)C1. The van der Waals surface area contributed by atoms with Crippen molar-refractivity contribution in [2.45, 2.75) is 46.2 Å². The van der Waals surface area contributed by atoms with E-state index in [1.54, 1.807) is 0 Å². The number of likely N-dealkylation sites (N-methyl/N-ethyl adjacent to an activating group) is 1. The molecular weight excluding hydrogens is 198 g/mol. The van der Waals surface area contributed by atoms with E-state index in [0.717, 1.165) is 12.6 Å². The van der Waals surface area contributed by atoms with Crippen LogP contribution in [0.4, 0.5) is 0 Å². The molecule has 1 heterocycles. The van der Waals surface area contributed by atoms with E-state index < -0.39 is 0 Å². The Labute approximate surface area is 101 Å². The lowest BCUT2D eigenvalue weighted by atomic mass is 10.1. The lowest BCUT2D eigenvalue weighted by Gasteiger charge is -2.39. The molecular formula is C13H29N3. The second-order valence-electron chi connectivity index (χ2n) is 5.03. The summed E-state index contributed by atoms with van der Waals surface area (Å²) in [6.45, 7) is 16.3. The number of hydrogen-bond acceptors (Lipinski definition) is 3. The molecule has 1 aliphatic rings. The Hall–Kier alpha value is -0.120. The molecule has 1 N–H and O–H groups in total. The monoisotopic (exact) mass is 227 g/mol. The maximum absolute atomic E-state index is 3.48. The standard InChI is InChI=1S/C13H29N3/c1-5-14-12(3)7-8-15-9-10-16(6-2)13(4)11-15/h12-14H,5-11H2,1-4H3.